The van der Waals surface area contributed by atoms with Crippen LogP contribution in [0.25, 0.3) is 11.4 Å². The number of hydrogen-bond donors (Lipinski definition) is 1. The van der Waals surface area contributed by atoms with E-state index in [-0.39, 0.29) is 12.5 Å². The lowest BCUT2D eigenvalue weighted by molar-refractivity contribution is -0.131. The van der Waals surface area contributed by atoms with Gasteiger partial charge < -0.3 is 9.64 Å². The largest absolute Gasteiger partial charge is 0.497 e. The van der Waals surface area contributed by atoms with Gasteiger partial charge in [-0.2, -0.15) is 5.10 Å². The summed E-state index contributed by atoms with van der Waals surface area (Å²) in [5, 5.41) is 7.01. The highest BCUT2D eigenvalue weighted by Crippen LogP contribution is 2.21. The Labute approximate surface area is 141 Å². The molecule has 1 aromatic carbocycles. The molecule has 0 aliphatic carbocycles. The molecule has 2 aromatic rings. The van der Waals surface area contributed by atoms with Crippen molar-refractivity contribution >= 4 is 18.1 Å². The van der Waals surface area contributed by atoms with Crippen LogP contribution in [0.5, 0.6) is 5.75 Å². The van der Waals surface area contributed by atoms with E-state index >= 15 is 0 Å². The van der Waals surface area contributed by atoms with Crippen molar-refractivity contribution in [1.29, 1.82) is 0 Å². The fraction of sp³-hybridized carbons (Fsp3) is 0.438. The van der Waals surface area contributed by atoms with Gasteiger partial charge in [0.05, 0.1) is 7.11 Å². The first-order chi connectivity index (χ1) is 10.9. The summed E-state index contributed by atoms with van der Waals surface area (Å²) < 4.78 is 7.31. The Kier molecular flexibility index (Phi) is 5.54. The van der Waals surface area contributed by atoms with E-state index in [4.69, 9.17) is 17.0 Å². The van der Waals surface area contributed by atoms with Crippen molar-refractivity contribution in [2.24, 2.45) is 5.92 Å². The van der Waals surface area contributed by atoms with Crippen LogP contribution in [0, 0.1) is 10.7 Å². The molecule has 1 aromatic heterocycles. The van der Waals surface area contributed by atoms with Gasteiger partial charge in [0.15, 0.2) is 10.6 Å². The van der Waals surface area contributed by atoms with E-state index in [2.05, 4.69) is 24.0 Å². The highest BCUT2D eigenvalue weighted by molar-refractivity contribution is 7.71. The van der Waals surface area contributed by atoms with Gasteiger partial charge in [-0.05, 0) is 42.4 Å². The second kappa shape index (κ2) is 7.41. The molecule has 2 rings (SSSR count). The first kappa shape index (κ1) is 17.2. The molecule has 0 aliphatic heterocycles. The first-order valence-corrected chi connectivity index (χ1v) is 7.86. The molecule has 0 bridgehead atoms. The maximum atomic E-state index is 12.4. The number of nitrogens with one attached hydrogen (secondary N) is 1. The number of H-pyrrole nitrogens is 1. The predicted molar refractivity (Wildman–Crippen MR) is 91.9 cm³/mol. The number of ether oxygens (including phenoxy) is 1. The summed E-state index contributed by atoms with van der Waals surface area (Å²) in [7, 11) is 3.42. The molecule has 0 radical (unpaired) electrons. The molecular weight excluding hydrogens is 312 g/mol. The van der Waals surface area contributed by atoms with E-state index in [9.17, 15) is 4.79 Å². The number of carbonyl (C=O) groups excluding carboxylic acids is 1. The van der Waals surface area contributed by atoms with Crippen molar-refractivity contribution in [3.63, 3.8) is 0 Å². The zero-order valence-corrected chi connectivity index (χ0v) is 14.7. The van der Waals surface area contributed by atoms with Crippen molar-refractivity contribution in [1.82, 2.24) is 19.7 Å². The molecule has 1 N–H and O–H groups in total. The van der Waals surface area contributed by atoms with E-state index in [0.29, 0.717) is 23.1 Å². The SMILES string of the molecule is COc1ccc(-c2n[nH]c(=S)n2CC(=O)N(C)CC(C)C)cc1. The fourth-order valence-electron chi connectivity index (χ4n) is 2.33. The minimum Gasteiger partial charge on any atom is -0.497 e. The molecule has 0 unspecified atom stereocenters. The number of aromatic nitrogens is 3. The molecule has 0 spiro atoms. The Morgan fingerprint density at radius 1 is 1.39 bits per heavy atom. The van der Waals surface area contributed by atoms with Crippen molar-refractivity contribution in [3.8, 4) is 17.1 Å². The lowest BCUT2D eigenvalue weighted by Crippen LogP contribution is -2.33. The molecule has 0 saturated carbocycles. The standard InChI is InChI=1S/C16H22N4O2S/c1-11(2)9-19(3)14(21)10-20-15(17-18-16(20)23)12-5-7-13(22-4)8-6-12/h5-8,11H,9-10H2,1-4H3,(H,18,23). The van der Waals surface area contributed by atoms with Crippen LogP contribution in [0.3, 0.4) is 0 Å². The van der Waals surface area contributed by atoms with Crippen molar-refractivity contribution in [3.05, 3.63) is 29.0 Å². The monoisotopic (exact) mass is 334 g/mol. The molecule has 1 heterocycles. The Bertz CT molecular complexity index is 718. The number of methoxy groups -OCH3 is 1. The third-order valence-electron chi connectivity index (χ3n) is 3.46. The van der Waals surface area contributed by atoms with Gasteiger partial charge in [0.25, 0.3) is 0 Å². The minimum atomic E-state index is 0.00552. The molecule has 0 fully saturated rings. The Balaban J connectivity index is 2.24. The molecule has 124 valence electrons. The average Bonchev–Trinajstić information content (AvgIpc) is 2.88. The van der Waals surface area contributed by atoms with Gasteiger partial charge >= 0.3 is 0 Å². The Morgan fingerprint density at radius 3 is 2.61 bits per heavy atom. The van der Waals surface area contributed by atoms with Crippen LogP contribution in [-0.4, -0.2) is 46.3 Å². The number of likely N-dealkylation sites (N-methyl/N-ethyl adjacent to an activating group) is 1. The van der Waals surface area contributed by atoms with Gasteiger partial charge in [0, 0.05) is 19.2 Å². The van der Waals surface area contributed by atoms with Crippen LogP contribution in [0.15, 0.2) is 24.3 Å². The summed E-state index contributed by atoms with van der Waals surface area (Å²) in [6, 6.07) is 7.49. The minimum absolute atomic E-state index is 0.00552. The first-order valence-electron chi connectivity index (χ1n) is 7.46. The molecule has 0 saturated heterocycles. The van der Waals surface area contributed by atoms with Crippen LogP contribution in [0.2, 0.25) is 0 Å². The molecule has 7 heteroatoms. The summed E-state index contributed by atoms with van der Waals surface area (Å²) in [4.78, 5) is 14.1. The number of carbonyl (C=O) groups is 1. The van der Waals surface area contributed by atoms with E-state index in [1.807, 2.05) is 24.3 Å². The number of nitrogens with zero attached hydrogens (tertiary/aromatic N) is 3. The Morgan fingerprint density at radius 2 is 2.04 bits per heavy atom. The van der Waals surface area contributed by atoms with E-state index < -0.39 is 0 Å². The maximum Gasteiger partial charge on any atom is 0.242 e. The highest BCUT2D eigenvalue weighted by Gasteiger charge is 2.16. The van der Waals surface area contributed by atoms with Gasteiger partial charge in [-0.15, -0.1) is 0 Å². The molecule has 23 heavy (non-hydrogen) atoms. The number of aromatic amines is 1. The topological polar surface area (TPSA) is 63.1 Å². The Hall–Kier alpha value is -2.15. The molecule has 0 aliphatic rings. The summed E-state index contributed by atoms with van der Waals surface area (Å²) >= 11 is 5.26. The summed E-state index contributed by atoms with van der Waals surface area (Å²) in [5.74, 6) is 1.83. The van der Waals surface area contributed by atoms with Crippen LogP contribution in [-0.2, 0) is 11.3 Å². The van der Waals surface area contributed by atoms with Crippen molar-refractivity contribution in [2.75, 3.05) is 20.7 Å². The summed E-state index contributed by atoms with van der Waals surface area (Å²) in [5.41, 5.74) is 0.873. The zero-order chi connectivity index (χ0) is 17.0. The zero-order valence-electron chi connectivity index (χ0n) is 13.9. The quantitative estimate of drug-likeness (QED) is 0.825. The molecule has 6 nitrogen and oxygen atoms in total. The van der Waals surface area contributed by atoms with Crippen molar-refractivity contribution in [2.45, 2.75) is 20.4 Å². The fourth-order valence-corrected chi connectivity index (χ4v) is 2.53. The lowest BCUT2D eigenvalue weighted by Gasteiger charge is -2.20. The summed E-state index contributed by atoms with van der Waals surface area (Å²) in [6.45, 7) is 5.04. The van der Waals surface area contributed by atoms with Crippen LogP contribution < -0.4 is 4.74 Å². The van der Waals surface area contributed by atoms with Crippen LogP contribution in [0.4, 0.5) is 0 Å². The third-order valence-corrected chi connectivity index (χ3v) is 3.78. The summed E-state index contributed by atoms with van der Waals surface area (Å²) in [6.07, 6.45) is 0. The van der Waals surface area contributed by atoms with E-state index in [1.165, 1.54) is 0 Å². The highest BCUT2D eigenvalue weighted by atomic mass is 32.1. The van der Waals surface area contributed by atoms with E-state index in [1.54, 1.807) is 23.6 Å². The number of hydrogen-bond acceptors (Lipinski definition) is 4. The third kappa shape index (κ3) is 4.19. The molecule has 1 amide bonds. The molecule has 0 atom stereocenters. The van der Waals surface area contributed by atoms with Crippen molar-refractivity contribution < 1.29 is 9.53 Å². The van der Waals surface area contributed by atoms with Crippen LogP contribution in [0.1, 0.15) is 13.8 Å². The average molecular weight is 334 g/mol. The van der Waals surface area contributed by atoms with Crippen LogP contribution >= 0.6 is 12.2 Å². The van der Waals surface area contributed by atoms with E-state index in [0.717, 1.165) is 11.3 Å². The number of rotatable bonds is 6. The lowest BCUT2D eigenvalue weighted by atomic mass is 10.2. The smallest absolute Gasteiger partial charge is 0.242 e. The second-order valence-corrected chi connectivity index (χ2v) is 6.22. The normalized spacial score (nSPS) is 10.8. The second-order valence-electron chi connectivity index (χ2n) is 5.84. The van der Waals surface area contributed by atoms with Gasteiger partial charge in [-0.25, -0.2) is 0 Å². The van der Waals surface area contributed by atoms with Gasteiger partial charge in [0.2, 0.25) is 5.91 Å². The number of amides is 1. The number of benzene rings is 1. The van der Waals surface area contributed by atoms with Gasteiger partial charge in [-0.3, -0.25) is 14.5 Å². The van der Waals surface area contributed by atoms with Gasteiger partial charge in [0.1, 0.15) is 12.3 Å². The van der Waals surface area contributed by atoms with Gasteiger partial charge in [-0.1, -0.05) is 13.8 Å². The maximum absolute atomic E-state index is 12.4. The predicted octanol–water partition coefficient (Wildman–Crippen LogP) is 2.73. The molecular formula is C16H22N4O2S.